The Morgan fingerprint density at radius 2 is 2.44 bits per heavy atom. The summed E-state index contributed by atoms with van der Waals surface area (Å²) in [4.78, 5) is 27.4. The molecule has 2 N–H and O–H groups in total. The first kappa shape index (κ1) is 11.1. The molecule has 0 saturated carbocycles. The summed E-state index contributed by atoms with van der Waals surface area (Å²) < 4.78 is 0. The lowest BCUT2D eigenvalue weighted by Gasteiger charge is -2.09. The van der Waals surface area contributed by atoms with Crippen LogP contribution in [0.3, 0.4) is 0 Å². The summed E-state index contributed by atoms with van der Waals surface area (Å²) in [5, 5.41) is 14.9. The lowest BCUT2D eigenvalue weighted by molar-refractivity contribution is -0.136. The molecule has 0 aliphatic carbocycles. The van der Waals surface area contributed by atoms with Crippen LogP contribution in [0.1, 0.15) is 12.2 Å². The van der Waals surface area contributed by atoms with Crippen molar-refractivity contribution in [1.82, 2.24) is 15.2 Å². The molecular weight excluding hydrogens is 280 g/mol. The molecule has 0 bridgehead atoms. The number of aliphatic carboxylic acids is 1. The Morgan fingerprint density at radius 1 is 1.69 bits per heavy atom. The first-order valence-electron chi connectivity index (χ1n) is 4.64. The van der Waals surface area contributed by atoms with Gasteiger partial charge < -0.3 is 5.11 Å². The maximum Gasteiger partial charge on any atom is 0.311 e. The molecular formula is C8H9BrN4O3. The number of alkyl halides is 1. The number of nitrogens with one attached hydrogen (secondary N) is 1. The van der Waals surface area contributed by atoms with E-state index >= 15 is 0 Å². The SMILES string of the molecule is O=C(O)Cc1nc(N2CC(Br)CC2=O)n[nH]1. The number of nitrogens with zero attached hydrogens (tertiary/aromatic N) is 3. The average Bonchev–Trinajstić information content (AvgIpc) is 2.72. The second-order valence-electron chi connectivity index (χ2n) is 3.46. The summed E-state index contributed by atoms with van der Waals surface area (Å²) >= 11 is 3.34. The number of rotatable bonds is 3. The normalized spacial score (nSPS) is 20.4. The van der Waals surface area contributed by atoms with E-state index in [1.165, 1.54) is 4.90 Å². The second-order valence-corrected chi connectivity index (χ2v) is 4.75. The maximum absolute atomic E-state index is 11.5. The summed E-state index contributed by atoms with van der Waals surface area (Å²) in [6.45, 7) is 0.503. The number of H-pyrrole nitrogens is 1. The summed E-state index contributed by atoms with van der Waals surface area (Å²) in [5.74, 6) is -0.576. The van der Waals surface area contributed by atoms with E-state index in [0.717, 1.165) is 0 Å². The number of carbonyl (C=O) groups is 2. The van der Waals surface area contributed by atoms with Gasteiger partial charge in [-0.2, -0.15) is 4.98 Å². The van der Waals surface area contributed by atoms with E-state index in [1.54, 1.807) is 0 Å². The van der Waals surface area contributed by atoms with Gasteiger partial charge >= 0.3 is 5.97 Å². The summed E-state index contributed by atoms with van der Waals surface area (Å²) in [7, 11) is 0. The highest BCUT2D eigenvalue weighted by molar-refractivity contribution is 9.09. The number of aromatic nitrogens is 3. The van der Waals surface area contributed by atoms with Gasteiger partial charge in [-0.25, -0.2) is 0 Å². The highest BCUT2D eigenvalue weighted by Gasteiger charge is 2.31. The van der Waals surface area contributed by atoms with Crippen LogP contribution in [-0.4, -0.2) is 43.5 Å². The Hall–Kier alpha value is -1.44. The Morgan fingerprint density at radius 3 is 3.00 bits per heavy atom. The number of aromatic amines is 1. The van der Waals surface area contributed by atoms with Gasteiger partial charge in [-0.1, -0.05) is 15.9 Å². The topological polar surface area (TPSA) is 99.2 Å². The van der Waals surface area contributed by atoms with Crippen molar-refractivity contribution in [2.24, 2.45) is 0 Å². The standard InChI is InChI=1S/C8H9BrN4O3/c9-4-1-6(14)13(3-4)8-10-5(11-12-8)2-7(15)16/h4H,1-3H2,(H,15,16)(H,10,11,12). The van der Waals surface area contributed by atoms with Crippen LogP contribution in [0.5, 0.6) is 0 Å². The number of carboxylic acid groups (broad SMARTS) is 1. The van der Waals surface area contributed by atoms with Crippen molar-refractivity contribution >= 4 is 33.8 Å². The molecule has 1 aromatic heterocycles. The number of halogens is 1. The number of hydrogen-bond acceptors (Lipinski definition) is 4. The Bertz CT molecular complexity index is 433. The molecule has 2 heterocycles. The zero-order chi connectivity index (χ0) is 11.7. The van der Waals surface area contributed by atoms with E-state index in [9.17, 15) is 9.59 Å². The van der Waals surface area contributed by atoms with Gasteiger partial charge in [0.1, 0.15) is 12.2 Å². The molecule has 0 spiro atoms. The molecule has 1 unspecified atom stereocenters. The van der Waals surface area contributed by atoms with E-state index < -0.39 is 5.97 Å². The van der Waals surface area contributed by atoms with Gasteiger partial charge in [0.05, 0.1) is 0 Å². The lowest BCUT2D eigenvalue weighted by atomic mass is 10.4. The van der Waals surface area contributed by atoms with Gasteiger partial charge in [0, 0.05) is 17.8 Å². The molecule has 1 amide bonds. The molecule has 0 radical (unpaired) electrons. The molecule has 8 heteroatoms. The molecule has 1 aliphatic rings. The minimum atomic E-state index is -0.992. The molecule has 0 aromatic carbocycles. The summed E-state index contributed by atoms with van der Waals surface area (Å²) in [5.41, 5.74) is 0. The third-order valence-electron chi connectivity index (χ3n) is 2.16. The van der Waals surface area contributed by atoms with Gasteiger partial charge in [0.2, 0.25) is 5.91 Å². The number of hydrogen-bond donors (Lipinski definition) is 2. The van der Waals surface area contributed by atoms with Crippen LogP contribution in [0.2, 0.25) is 0 Å². The molecule has 1 atom stereocenters. The minimum absolute atomic E-state index is 0.0669. The Labute approximate surface area is 99.0 Å². The molecule has 16 heavy (non-hydrogen) atoms. The molecule has 86 valence electrons. The van der Waals surface area contributed by atoms with E-state index in [2.05, 4.69) is 31.1 Å². The van der Waals surface area contributed by atoms with E-state index in [-0.39, 0.29) is 28.9 Å². The monoisotopic (exact) mass is 288 g/mol. The fourth-order valence-corrected chi connectivity index (χ4v) is 2.05. The van der Waals surface area contributed by atoms with Crippen molar-refractivity contribution < 1.29 is 14.7 Å². The zero-order valence-corrected chi connectivity index (χ0v) is 9.77. The van der Waals surface area contributed by atoms with Crippen molar-refractivity contribution in [2.75, 3.05) is 11.4 Å². The van der Waals surface area contributed by atoms with E-state index in [4.69, 9.17) is 5.11 Å². The van der Waals surface area contributed by atoms with Crippen LogP contribution in [-0.2, 0) is 16.0 Å². The number of amides is 1. The molecule has 1 aromatic rings. The molecule has 2 rings (SSSR count). The first-order chi connectivity index (χ1) is 7.56. The second kappa shape index (κ2) is 4.20. The number of carboxylic acids is 1. The average molecular weight is 289 g/mol. The molecule has 1 saturated heterocycles. The van der Waals surface area contributed by atoms with Crippen LogP contribution in [0.25, 0.3) is 0 Å². The van der Waals surface area contributed by atoms with Crippen LogP contribution < -0.4 is 4.90 Å². The largest absolute Gasteiger partial charge is 0.481 e. The predicted molar refractivity (Wildman–Crippen MR) is 57.4 cm³/mol. The zero-order valence-electron chi connectivity index (χ0n) is 8.18. The third-order valence-corrected chi connectivity index (χ3v) is 2.77. The van der Waals surface area contributed by atoms with Gasteiger partial charge in [-0.15, -0.1) is 5.10 Å². The first-order valence-corrected chi connectivity index (χ1v) is 5.55. The van der Waals surface area contributed by atoms with Crippen molar-refractivity contribution in [3.63, 3.8) is 0 Å². The number of anilines is 1. The predicted octanol–water partition coefficient (Wildman–Crippen LogP) is -0.0680. The fourth-order valence-electron chi connectivity index (χ4n) is 1.49. The van der Waals surface area contributed by atoms with Crippen LogP contribution in [0.15, 0.2) is 0 Å². The van der Waals surface area contributed by atoms with Gasteiger partial charge in [0.25, 0.3) is 5.95 Å². The highest BCUT2D eigenvalue weighted by atomic mass is 79.9. The smallest absolute Gasteiger partial charge is 0.311 e. The highest BCUT2D eigenvalue weighted by Crippen LogP contribution is 2.21. The Balaban J connectivity index is 2.13. The molecule has 1 aliphatic heterocycles. The minimum Gasteiger partial charge on any atom is -0.481 e. The maximum atomic E-state index is 11.5. The van der Waals surface area contributed by atoms with E-state index in [0.29, 0.717) is 13.0 Å². The lowest BCUT2D eigenvalue weighted by Crippen LogP contribution is -2.25. The van der Waals surface area contributed by atoms with Crippen LogP contribution in [0, 0.1) is 0 Å². The summed E-state index contributed by atoms with van der Waals surface area (Å²) in [6, 6.07) is 0. The van der Waals surface area contributed by atoms with Crippen LogP contribution >= 0.6 is 15.9 Å². The number of carbonyl (C=O) groups excluding carboxylic acids is 1. The third kappa shape index (κ3) is 2.21. The van der Waals surface area contributed by atoms with Crippen LogP contribution in [0.4, 0.5) is 5.95 Å². The fraction of sp³-hybridized carbons (Fsp3) is 0.500. The molecule has 7 nitrogen and oxygen atoms in total. The van der Waals surface area contributed by atoms with Gasteiger partial charge in [-0.05, 0) is 0 Å². The quantitative estimate of drug-likeness (QED) is 0.759. The van der Waals surface area contributed by atoms with Gasteiger partial charge in [0.15, 0.2) is 0 Å². The van der Waals surface area contributed by atoms with Gasteiger partial charge in [-0.3, -0.25) is 19.6 Å². The van der Waals surface area contributed by atoms with Crippen molar-refractivity contribution in [2.45, 2.75) is 17.7 Å². The van der Waals surface area contributed by atoms with Crippen molar-refractivity contribution in [1.29, 1.82) is 0 Å². The van der Waals surface area contributed by atoms with Crippen molar-refractivity contribution in [3.8, 4) is 0 Å². The van der Waals surface area contributed by atoms with E-state index in [1.807, 2.05) is 0 Å². The van der Waals surface area contributed by atoms with Crippen molar-refractivity contribution in [3.05, 3.63) is 5.82 Å². The molecule has 1 fully saturated rings. The summed E-state index contributed by atoms with van der Waals surface area (Å²) in [6.07, 6.45) is 0.176. The Kier molecular flexibility index (Phi) is 2.90.